The van der Waals surface area contributed by atoms with Crippen LogP contribution in [0.25, 0.3) is 0 Å². The van der Waals surface area contributed by atoms with E-state index in [9.17, 15) is 13.2 Å². The van der Waals surface area contributed by atoms with Crippen LogP contribution in [-0.2, 0) is 12.7 Å². The van der Waals surface area contributed by atoms with E-state index in [0.29, 0.717) is 0 Å². The number of hydrogen-bond acceptors (Lipinski definition) is 1. The van der Waals surface area contributed by atoms with Gasteiger partial charge in [-0.25, -0.2) is 0 Å². The Labute approximate surface area is 91.2 Å². The van der Waals surface area contributed by atoms with E-state index in [0.717, 1.165) is 6.07 Å². The van der Waals surface area contributed by atoms with Crippen molar-refractivity contribution in [2.45, 2.75) is 12.7 Å². The number of benzene rings is 1. The van der Waals surface area contributed by atoms with E-state index in [4.69, 9.17) is 5.73 Å². The molecule has 3 nitrogen and oxygen atoms in total. The number of rotatable bonds is 2. The fraction of sp³-hybridized carbons (Fsp3) is 0.300. The molecule has 16 heavy (non-hydrogen) atoms. The van der Waals surface area contributed by atoms with Gasteiger partial charge in [-0.1, -0.05) is 18.2 Å². The highest BCUT2D eigenvalue weighted by atomic mass is 19.4. The lowest BCUT2D eigenvalue weighted by Gasteiger charge is -2.13. The number of halogens is 3. The van der Waals surface area contributed by atoms with Crippen LogP contribution in [0.1, 0.15) is 11.1 Å². The predicted octanol–water partition coefficient (Wildman–Crippen LogP) is 1.74. The van der Waals surface area contributed by atoms with Crippen LogP contribution < -0.4 is 11.1 Å². The maximum Gasteiger partial charge on any atom is 0.416 e. The van der Waals surface area contributed by atoms with Crippen molar-refractivity contribution < 1.29 is 13.2 Å². The lowest BCUT2D eigenvalue weighted by molar-refractivity contribution is -0.138. The Balaban J connectivity index is 2.88. The van der Waals surface area contributed by atoms with Crippen molar-refractivity contribution in [1.29, 1.82) is 0 Å². The third-order valence-electron chi connectivity index (χ3n) is 2.02. The molecule has 0 spiro atoms. The molecule has 88 valence electrons. The molecule has 0 amide bonds. The summed E-state index contributed by atoms with van der Waals surface area (Å²) >= 11 is 0. The molecule has 0 heterocycles. The van der Waals surface area contributed by atoms with Crippen LogP contribution in [0, 0.1) is 0 Å². The number of hydrogen-bond donors (Lipinski definition) is 2. The van der Waals surface area contributed by atoms with Crippen LogP contribution in [-0.4, -0.2) is 13.0 Å². The largest absolute Gasteiger partial charge is 0.416 e. The van der Waals surface area contributed by atoms with E-state index >= 15 is 0 Å². The van der Waals surface area contributed by atoms with Crippen LogP contribution in [0.3, 0.4) is 0 Å². The number of guanidine groups is 1. The predicted molar refractivity (Wildman–Crippen MR) is 55.8 cm³/mol. The van der Waals surface area contributed by atoms with Crippen molar-refractivity contribution in [2.75, 3.05) is 7.05 Å². The highest BCUT2D eigenvalue weighted by Gasteiger charge is 2.32. The summed E-state index contributed by atoms with van der Waals surface area (Å²) in [5, 5.41) is 2.59. The minimum atomic E-state index is -4.35. The number of nitrogens with two attached hydrogens (primary N) is 1. The minimum absolute atomic E-state index is 0.00113. The Morgan fingerprint density at radius 1 is 1.38 bits per heavy atom. The lowest BCUT2D eigenvalue weighted by Crippen LogP contribution is -2.31. The Morgan fingerprint density at radius 3 is 2.56 bits per heavy atom. The van der Waals surface area contributed by atoms with Gasteiger partial charge in [0.15, 0.2) is 5.96 Å². The van der Waals surface area contributed by atoms with Gasteiger partial charge in [0.25, 0.3) is 0 Å². The van der Waals surface area contributed by atoms with Gasteiger partial charge in [-0.3, -0.25) is 4.99 Å². The number of alkyl halides is 3. The van der Waals surface area contributed by atoms with Gasteiger partial charge in [0.2, 0.25) is 0 Å². The van der Waals surface area contributed by atoms with Gasteiger partial charge in [0.1, 0.15) is 0 Å². The molecule has 3 N–H and O–H groups in total. The van der Waals surface area contributed by atoms with Crippen molar-refractivity contribution in [2.24, 2.45) is 10.7 Å². The van der Waals surface area contributed by atoms with Gasteiger partial charge >= 0.3 is 6.18 Å². The van der Waals surface area contributed by atoms with E-state index in [1.54, 1.807) is 6.07 Å². The first-order chi connectivity index (χ1) is 7.45. The van der Waals surface area contributed by atoms with Crippen LogP contribution in [0.2, 0.25) is 0 Å². The molecule has 1 rings (SSSR count). The third-order valence-corrected chi connectivity index (χ3v) is 2.02. The molecule has 0 radical (unpaired) electrons. The van der Waals surface area contributed by atoms with Crippen LogP contribution in [0.15, 0.2) is 29.3 Å². The summed E-state index contributed by atoms with van der Waals surface area (Å²) in [4.78, 5) is 3.60. The Bertz CT molecular complexity index is 385. The average molecular weight is 231 g/mol. The molecule has 0 saturated carbocycles. The van der Waals surface area contributed by atoms with Gasteiger partial charge in [0.05, 0.1) is 5.56 Å². The summed E-state index contributed by atoms with van der Waals surface area (Å²) in [5.41, 5.74) is 4.82. The SMILES string of the molecule is CN=C(N)NCc1ccccc1C(F)(F)F. The molecular weight excluding hydrogens is 219 g/mol. The number of aliphatic imine (C=N–C) groups is 1. The van der Waals surface area contributed by atoms with E-state index in [-0.39, 0.29) is 18.1 Å². The van der Waals surface area contributed by atoms with Crippen molar-refractivity contribution in [3.63, 3.8) is 0 Å². The fourth-order valence-corrected chi connectivity index (χ4v) is 1.22. The summed E-state index contributed by atoms with van der Waals surface area (Å²) in [7, 11) is 1.46. The zero-order chi connectivity index (χ0) is 12.2. The molecule has 0 aromatic heterocycles. The first kappa shape index (κ1) is 12.4. The van der Waals surface area contributed by atoms with Gasteiger partial charge < -0.3 is 11.1 Å². The van der Waals surface area contributed by atoms with Crippen molar-refractivity contribution in [3.05, 3.63) is 35.4 Å². The van der Waals surface area contributed by atoms with E-state index in [2.05, 4.69) is 10.3 Å². The molecule has 0 aliphatic heterocycles. The molecule has 1 aromatic carbocycles. The summed E-state index contributed by atoms with van der Waals surface area (Å²) in [6.07, 6.45) is -4.35. The number of nitrogens with zero attached hydrogens (tertiary/aromatic N) is 1. The topological polar surface area (TPSA) is 50.4 Å². The molecule has 0 atom stereocenters. The Hall–Kier alpha value is -1.72. The van der Waals surface area contributed by atoms with Crippen molar-refractivity contribution in [1.82, 2.24) is 5.32 Å². The second-order valence-corrected chi connectivity index (χ2v) is 3.12. The smallest absolute Gasteiger partial charge is 0.370 e. The average Bonchev–Trinajstić information content (AvgIpc) is 2.25. The molecule has 1 aromatic rings. The van der Waals surface area contributed by atoms with Crippen molar-refractivity contribution >= 4 is 5.96 Å². The van der Waals surface area contributed by atoms with E-state index < -0.39 is 11.7 Å². The van der Waals surface area contributed by atoms with Crippen molar-refractivity contribution in [3.8, 4) is 0 Å². The normalized spacial score (nSPS) is 12.6. The highest BCUT2D eigenvalue weighted by Crippen LogP contribution is 2.31. The van der Waals surface area contributed by atoms with Gasteiger partial charge in [-0.2, -0.15) is 13.2 Å². The van der Waals surface area contributed by atoms with Crippen LogP contribution in [0.4, 0.5) is 13.2 Å². The zero-order valence-corrected chi connectivity index (χ0v) is 8.67. The molecule has 0 fully saturated rings. The Morgan fingerprint density at radius 2 is 2.00 bits per heavy atom. The number of nitrogens with one attached hydrogen (secondary N) is 1. The third kappa shape index (κ3) is 3.15. The van der Waals surface area contributed by atoms with E-state index in [1.165, 1.54) is 19.2 Å². The summed E-state index contributed by atoms with van der Waals surface area (Å²) in [6, 6.07) is 5.34. The molecular formula is C10H12F3N3. The molecule has 0 bridgehead atoms. The second-order valence-electron chi connectivity index (χ2n) is 3.12. The lowest BCUT2D eigenvalue weighted by atomic mass is 10.1. The zero-order valence-electron chi connectivity index (χ0n) is 8.67. The quantitative estimate of drug-likeness (QED) is 0.601. The fourth-order valence-electron chi connectivity index (χ4n) is 1.22. The summed E-state index contributed by atoms with van der Waals surface area (Å²) < 4.78 is 37.7. The summed E-state index contributed by atoms with van der Waals surface area (Å²) in [5.74, 6) is 0.108. The van der Waals surface area contributed by atoms with E-state index in [1.807, 2.05) is 0 Å². The monoisotopic (exact) mass is 231 g/mol. The van der Waals surface area contributed by atoms with Gasteiger partial charge in [0, 0.05) is 13.6 Å². The van der Waals surface area contributed by atoms with Crippen LogP contribution in [0.5, 0.6) is 0 Å². The molecule has 0 aliphatic carbocycles. The van der Waals surface area contributed by atoms with Crippen LogP contribution >= 0.6 is 0 Å². The molecule has 6 heteroatoms. The minimum Gasteiger partial charge on any atom is -0.370 e. The first-order valence-electron chi connectivity index (χ1n) is 4.56. The van der Waals surface area contributed by atoms with Gasteiger partial charge in [-0.15, -0.1) is 0 Å². The summed E-state index contributed by atoms with van der Waals surface area (Å²) in [6.45, 7) is -0.00113. The molecule has 0 aliphatic rings. The first-order valence-corrected chi connectivity index (χ1v) is 4.56. The molecule has 0 unspecified atom stereocenters. The standard InChI is InChI=1S/C10H12F3N3/c1-15-9(14)16-6-7-4-2-3-5-8(7)10(11,12)13/h2-5H,6H2,1H3,(H3,14,15,16). The second kappa shape index (κ2) is 4.87. The maximum absolute atomic E-state index is 12.6. The maximum atomic E-state index is 12.6. The highest BCUT2D eigenvalue weighted by molar-refractivity contribution is 5.77. The Kier molecular flexibility index (Phi) is 3.76. The van der Waals surface area contributed by atoms with Gasteiger partial charge in [-0.05, 0) is 11.6 Å². The molecule has 0 saturated heterocycles.